The summed E-state index contributed by atoms with van der Waals surface area (Å²) in [5.41, 5.74) is 0. The first kappa shape index (κ1) is 17.2. The van der Waals surface area contributed by atoms with Crippen LogP contribution in [0.3, 0.4) is 0 Å². The molecule has 0 aromatic heterocycles. The van der Waals surface area contributed by atoms with Gasteiger partial charge in [-0.05, 0) is 45.2 Å². The molecule has 2 fully saturated rings. The molecular formula is C18H37N3. The summed E-state index contributed by atoms with van der Waals surface area (Å²) in [4.78, 5) is 5.57. The third kappa shape index (κ3) is 4.67. The van der Waals surface area contributed by atoms with E-state index in [4.69, 9.17) is 0 Å². The van der Waals surface area contributed by atoms with Gasteiger partial charge in [0.25, 0.3) is 0 Å². The molecule has 0 amide bonds. The predicted octanol–water partition coefficient (Wildman–Crippen LogP) is 3.10. The van der Waals surface area contributed by atoms with Crippen molar-refractivity contribution in [3.63, 3.8) is 0 Å². The van der Waals surface area contributed by atoms with Crippen LogP contribution in [0.25, 0.3) is 0 Å². The fourth-order valence-electron chi connectivity index (χ4n) is 4.35. The van der Waals surface area contributed by atoms with Gasteiger partial charge in [-0.1, -0.05) is 33.6 Å². The first-order valence-corrected chi connectivity index (χ1v) is 9.51. The molecule has 3 unspecified atom stereocenters. The van der Waals surface area contributed by atoms with E-state index in [2.05, 4.69) is 35.9 Å². The second-order valence-electron chi connectivity index (χ2n) is 7.01. The molecule has 124 valence electrons. The van der Waals surface area contributed by atoms with E-state index < -0.39 is 0 Å². The Kier molecular flexibility index (Phi) is 7.48. The lowest BCUT2D eigenvalue weighted by Crippen LogP contribution is -2.60. The van der Waals surface area contributed by atoms with Crippen molar-refractivity contribution in [3.8, 4) is 0 Å². The summed E-state index contributed by atoms with van der Waals surface area (Å²) in [6.45, 7) is 13.4. The standard InChI is InChI=1S/C18H37N3/c1-4-9-17(19-11-5-2)18(6-3)21-14-13-20-12-8-7-10-16(20)15-21/h16-19H,4-15H2,1-3H3. The van der Waals surface area contributed by atoms with Crippen molar-refractivity contribution < 1.29 is 0 Å². The van der Waals surface area contributed by atoms with Crippen LogP contribution in [0.2, 0.25) is 0 Å². The second kappa shape index (κ2) is 9.12. The zero-order chi connectivity index (χ0) is 15.1. The third-order valence-corrected chi connectivity index (χ3v) is 5.48. The summed E-state index contributed by atoms with van der Waals surface area (Å²) >= 11 is 0. The number of piperazine rings is 1. The van der Waals surface area contributed by atoms with Gasteiger partial charge in [0.05, 0.1) is 0 Å². The molecule has 0 radical (unpaired) electrons. The van der Waals surface area contributed by atoms with Crippen LogP contribution in [0, 0.1) is 0 Å². The van der Waals surface area contributed by atoms with Crippen LogP contribution in [-0.2, 0) is 0 Å². The zero-order valence-electron chi connectivity index (χ0n) is 14.6. The fraction of sp³-hybridized carbons (Fsp3) is 1.00. The first-order chi connectivity index (χ1) is 10.3. The van der Waals surface area contributed by atoms with Gasteiger partial charge in [0.1, 0.15) is 0 Å². The minimum absolute atomic E-state index is 0.690. The Hall–Kier alpha value is -0.120. The molecule has 0 spiro atoms. The number of fused-ring (bicyclic) bond motifs is 1. The largest absolute Gasteiger partial charge is 0.312 e. The smallest absolute Gasteiger partial charge is 0.0247 e. The van der Waals surface area contributed by atoms with E-state index in [0.29, 0.717) is 6.04 Å². The first-order valence-electron chi connectivity index (χ1n) is 9.51. The molecule has 3 atom stereocenters. The maximum Gasteiger partial charge on any atom is 0.0247 e. The number of piperidine rings is 1. The molecule has 2 aliphatic rings. The maximum absolute atomic E-state index is 3.84. The van der Waals surface area contributed by atoms with E-state index in [-0.39, 0.29) is 0 Å². The van der Waals surface area contributed by atoms with Gasteiger partial charge in [-0.15, -0.1) is 0 Å². The Labute approximate surface area is 132 Å². The molecule has 2 aliphatic heterocycles. The van der Waals surface area contributed by atoms with Crippen LogP contribution >= 0.6 is 0 Å². The molecule has 2 rings (SSSR count). The quantitative estimate of drug-likeness (QED) is 0.742. The van der Waals surface area contributed by atoms with Gasteiger partial charge in [0, 0.05) is 37.8 Å². The zero-order valence-corrected chi connectivity index (χ0v) is 14.6. The Morgan fingerprint density at radius 1 is 1.05 bits per heavy atom. The van der Waals surface area contributed by atoms with Crippen LogP contribution in [-0.4, -0.2) is 60.6 Å². The fourth-order valence-corrected chi connectivity index (χ4v) is 4.35. The van der Waals surface area contributed by atoms with Crippen LogP contribution < -0.4 is 5.32 Å². The number of rotatable bonds is 8. The summed E-state index contributed by atoms with van der Waals surface area (Å²) in [7, 11) is 0. The van der Waals surface area contributed by atoms with Crippen molar-refractivity contribution in [2.24, 2.45) is 0 Å². The SMILES string of the molecule is CCCNC(CCC)C(CC)N1CCN2CCCCC2C1. The lowest BCUT2D eigenvalue weighted by molar-refractivity contribution is 0.0159. The van der Waals surface area contributed by atoms with Crippen molar-refractivity contribution in [3.05, 3.63) is 0 Å². The second-order valence-corrected chi connectivity index (χ2v) is 7.01. The summed E-state index contributed by atoms with van der Waals surface area (Å²) in [6.07, 6.45) is 9.43. The molecular weight excluding hydrogens is 258 g/mol. The summed E-state index contributed by atoms with van der Waals surface area (Å²) in [5.74, 6) is 0. The summed E-state index contributed by atoms with van der Waals surface area (Å²) < 4.78 is 0. The topological polar surface area (TPSA) is 18.5 Å². The normalized spacial score (nSPS) is 27.3. The van der Waals surface area contributed by atoms with Crippen molar-refractivity contribution in [2.45, 2.75) is 83.8 Å². The molecule has 1 N–H and O–H groups in total. The van der Waals surface area contributed by atoms with Crippen molar-refractivity contribution in [1.29, 1.82) is 0 Å². The van der Waals surface area contributed by atoms with Gasteiger partial charge < -0.3 is 5.32 Å². The minimum atomic E-state index is 0.690. The third-order valence-electron chi connectivity index (χ3n) is 5.48. The molecule has 0 aromatic carbocycles. The van der Waals surface area contributed by atoms with Gasteiger partial charge in [-0.25, -0.2) is 0 Å². The lowest BCUT2D eigenvalue weighted by Gasteiger charge is -2.48. The average molecular weight is 296 g/mol. The van der Waals surface area contributed by atoms with Crippen molar-refractivity contribution in [1.82, 2.24) is 15.1 Å². The highest BCUT2D eigenvalue weighted by atomic mass is 15.3. The minimum Gasteiger partial charge on any atom is -0.312 e. The average Bonchev–Trinajstić information content (AvgIpc) is 2.53. The molecule has 21 heavy (non-hydrogen) atoms. The van der Waals surface area contributed by atoms with Gasteiger partial charge in [-0.3, -0.25) is 9.80 Å². The monoisotopic (exact) mass is 295 g/mol. The van der Waals surface area contributed by atoms with E-state index in [1.165, 1.54) is 77.7 Å². The molecule has 3 nitrogen and oxygen atoms in total. The van der Waals surface area contributed by atoms with Crippen LogP contribution in [0.5, 0.6) is 0 Å². The van der Waals surface area contributed by atoms with Gasteiger partial charge in [0.15, 0.2) is 0 Å². The van der Waals surface area contributed by atoms with E-state index in [9.17, 15) is 0 Å². The van der Waals surface area contributed by atoms with Crippen molar-refractivity contribution >= 4 is 0 Å². The summed E-state index contributed by atoms with van der Waals surface area (Å²) in [6, 6.07) is 2.27. The van der Waals surface area contributed by atoms with E-state index >= 15 is 0 Å². The molecule has 0 saturated carbocycles. The molecule has 0 bridgehead atoms. The van der Waals surface area contributed by atoms with Crippen molar-refractivity contribution in [2.75, 3.05) is 32.7 Å². The van der Waals surface area contributed by atoms with E-state index in [1.807, 2.05) is 0 Å². The van der Waals surface area contributed by atoms with Crippen LogP contribution in [0.1, 0.15) is 65.7 Å². The number of hydrogen-bond donors (Lipinski definition) is 1. The lowest BCUT2D eigenvalue weighted by atomic mass is 9.94. The van der Waals surface area contributed by atoms with Gasteiger partial charge in [0.2, 0.25) is 0 Å². The molecule has 3 heteroatoms. The maximum atomic E-state index is 3.84. The number of nitrogens with one attached hydrogen (secondary N) is 1. The Morgan fingerprint density at radius 3 is 2.62 bits per heavy atom. The van der Waals surface area contributed by atoms with Gasteiger partial charge in [-0.2, -0.15) is 0 Å². The number of nitrogens with zero attached hydrogens (tertiary/aromatic N) is 2. The molecule has 0 aromatic rings. The highest BCUT2D eigenvalue weighted by Gasteiger charge is 2.33. The Balaban J connectivity index is 1.94. The highest BCUT2D eigenvalue weighted by Crippen LogP contribution is 2.24. The summed E-state index contributed by atoms with van der Waals surface area (Å²) in [5, 5.41) is 3.84. The Bertz CT molecular complexity index is 282. The Morgan fingerprint density at radius 2 is 1.90 bits per heavy atom. The van der Waals surface area contributed by atoms with Gasteiger partial charge >= 0.3 is 0 Å². The van der Waals surface area contributed by atoms with Crippen LogP contribution in [0.4, 0.5) is 0 Å². The number of hydrogen-bond acceptors (Lipinski definition) is 3. The van der Waals surface area contributed by atoms with Crippen LogP contribution in [0.15, 0.2) is 0 Å². The molecule has 0 aliphatic carbocycles. The molecule has 2 heterocycles. The predicted molar refractivity (Wildman–Crippen MR) is 91.9 cm³/mol. The highest BCUT2D eigenvalue weighted by molar-refractivity contribution is 4.91. The molecule has 2 saturated heterocycles. The van der Waals surface area contributed by atoms with E-state index in [0.717, 1.165) is 12.1 Å². The van der Waals surface area contributed by atoms with E-state index in [1.54, 1.807) is 0 Å².